The van der Waals surface area contributed by atoms with E-state index in [9.17, 15) is 5.11 Å². The molecule has 0 saturated heterocycles. The molecule has 1 saturated carbocycles. The molecule has 1 aliphatic carbocycles. The lowest BCUT2D eigenvalue weighted by Gasteiger charge is -2.06. The third kappa shape index (κ3) is 2.31. The first-order valence-corrected chi connectivity index (χ1v) is 3.79. The fourth-order valence-corrected chi connectivity index (χ4v) is 1.20. The van der Waals surface area contributed by atoms with Gasteiger partial charge in [0.25, 0.3) is 0 Å². The fraction of sp³-hybridized carbons (Fsp3) is 0.333. The zero-order chi connectivity index (χ0) is 7.90. The third-order valence-corrected chi connectivity index (χ3v) is 2.17. The van der Waals surface area contributed by atoms with Crippen LogP contribution in [-0.4, -0.2) is 23.9 Å². The van der Waals surface area contributed by atoms with Gasteiger partial charge in [0.1, 0.15) is 7.85 Å². The van der Waals surface area contributed by atoms with Gasteiger partial charge in [-0.1, -0.05) is 29.7 Å². The average Bonchev–Trinajstić information content (AvgIpc) is 2.70. The van der Waals surface area contributed by atoms with Crippen LogP contribution in [0.5, 0.6) is 0 Å². The van der Waals surface area contributed by atoms with Crippen LogP contribution in [-0.2, 0) is 5.60 Å². The van der Waals surface area contributed by atoms with Gasteiger partial charge in [0.2, 0.25) is 0 Å². The van der Waals surface area contributed by atoms with Gasteiger partial charge in [-0.25, -0.2) is 0 Å². The van der Waals surface area contributed by atoms with Gasteiger partial charge >= 0.3 is 0 Å². The standard InChI is InChI=1S/C9H9BO.2H2O/c10-8-3-1-7(2-4-8)9(11)5-6-9;;/h1-4,11H,5-6H2;2*1H2. The SMILES string of the molecule is O.O.[B]c1ccc(C2(O)CC2)cc1. The van der Waals surface area contributed by atoms with Crippen molar-refractivity contribution in [2.75, 3.05) is 0 Å². The van der Waals surface area contributed by atoms with E-state index in [0.29, 0.717) is 0 Å². The summed E-state index contributed by atoms with van der Waals surface area (Å²) in [7, 11) is 5.51. The van der Waals surface area contributed by atoms with Crippen molar-refractivity contribution in [3.63, 3.8) is 0 Å². The third-order valence-electron chi connectivity index (χ3n) is 2.17. The maximum absolute atomic E-state index is 9.65. The molecule has 5 N–H and O–H groups in total. The molecule has 0 aliphatic heterocycles. The molecule has 0 aromatic heterocycles. The topological polar surface area (TPSA) is 83.2 Å². The van der Waals surface area contributed by atoms with Crippen molar-refractivity contribution >= 4 is 13.3 Å². The number of hydrogen-bond donors (Lipinski definition) is 1. The van der Waals surface area contributed by atoms with Crippen molar-refractivity contribution in [3.05, 3.63) is 29.8 Å². The summed E-state index contributed by atoms with van der Waals surface area (Å²) in [5.74, 6) is 0. The van der Waals surface area contributed by atoms with Crippen LogP contribution >= 0.6 is 0 Å². The summed E-state index contributed by atoms with van der Waals surface area (Å²) in [6.45, 7) is 0. The van der Waals surface area contributed by atoms with Crippen LogP contribution in [0.2, 0.25) is 0 Å². The molecule has 70 valence electrons. The molecule has 1 aromatic carbocycles. The molecule has 0 heterocycles. The minimum Gasteiger partial charge on any atom is -0.412 e. The molecule has 1 aliphatic rings. The van der Waals surface area contributed by atoms with Crippen molar-refractivity contribution in [2.45, 2.75) is 18.4 Å². The number of benzene rings is 1. The van der Waals surface area contributed by atoms with E-state index in [1.165, 1.54) is 0 Å². The van der Waals surface area contributed by atoms with Crippen LogP contribution in [0.25, 0.3) is 0 Å². The Morgan fingerprint density at radius 1 is 1.08 bits per heavy atom. The van der Waals surface area contributed by atoms with Gasteiger partial charge in [-0.2, -0.15) is 0 Å². The molecule has 0 atom stereocenters. The summed E-state index contributed by atoms with van der Waals surface area (Å²) in [6, 6.07) is 7.43. The zero-order valence-corrected chi connectivity index (χ0v) is 7.25. The van der Waals surface area contributed by atoms with Crippen LogP contribution in [0.4, 0.5) is 0 Å². The smallest absolute Gasteiger partial charge is 0.113 e. The highest BCUT2D eigenvalue weighted by Crippen LogP contribution is 2.44. The second-order valence-corrected chi connectivity index (χ2v) is 3.15. The number of hydrogen-bond acceptors (Lipinski definition) is 1. The molecule has 0 unspecified atom stereocenters. The van der Waals surface area contributed by atoms with E-state index in [1.54, 1.807) is 0 Å². The minimum atomic E-state index is -0.520. The summed E-state index contributed by atoms with van der Waals surface area (Å²) in [5.41, 5.74) is 1.22. The normalized spacial score (nSPS) is 16.7. The molecule has 3 nitrogen and oxygen atoms in total. The molecular weight excluding hydrogens is 167 g/mol. The summed E-state index contributed by atoms with van der Waals surface area (Å²) < 4.78 is 0. The molecule has 0 amide bonds. The Balaban J connectivity index is 0.000000720. The van der Waals surface area contributed by atoms with Crippen molar-refractivity contribution in [1.82, 2.24) is 0 Å². The van der Waals surface area contributed by atoms with Gasteiger partial charge in [-0.3, -0.25) is 0 Å². The first-order valence-electron chi connectivity index (χ1n) is 3.79. The monoisotopic (exact) mass is 180 g/mol. The zero-order valence-electron chi connectivity index (χ0n) is 7.25. The lowest BCUT2D eigenvalue weighted by atomic mass is 9.94. The second-order valence-electron chi connectivity index (χ2n) is 3.15. The van der Waals surface area contributed by atoms with Gasteiger partial charge < -0.3 is 16.1 Å². The Bertz CT molecular complexity index is 267. The quantitative estimate of drug-likeness (QED) is 0.541. The van der Waals surface area contributed by atoms with E-state index in [0.717, 1.165) is 23.9 Å². The predicted octanol–water partition coefficient (Wildman–Crippen LogP) is -1.19. The molecule has 1 aromatic rings. The molecule has 4 heteroatoms. The lowest BCUT2D eigenvalue weighted by molar-refractivity contribution is 0.151. The van der Waals surface area contributed by atoms with Crippen molar-refractivity contribution < 1.29 is 16.1 Å². The first-order chi connectivity index (χ1) is 5.21. The Morgan fingerprint density at radius 2 is 1.54 bits per heavy atom. The van der Waals surface area contributed by atoms with E-state index in [-0.39, 0.29) is 11.0 Å². The summed E-state index contributed by atoms with van der Waals surface area (Å²) in [6.07, 6.45) is 1.77. The van der Waals surface area contributed by atoms with Gasteiger partial charge in [-0.15, -0.1) is 0 Å². The molecule has 1 fully saturated rings. The van der Waals surface area contributed by atoms with Crippen molar-refractivity contribution in [1.29, 1.82) is 0 Å². The van der Waals surface area contributed by atoms with Gasteiger partial charge in [0.05, 0.1) is 5.60 Å². The lowest BCUT2D eigenvalue weighted by Crippen LogP contribution is -2.07. The highest BCUT2D eigenvalue weighted by atomic mass is 16.3. The molecular formula is C9H13BO3. The van der Waals surface area contributed by atoms with E-state index in [4.69, 9.17) is 7.85 Å². The van der Waals surface area contributed by atoms with Crippen molar-refractivity contribution in [2.24, 2.45) is 0 Å². The Labute approximate surface area is 78.4 Å². The van der Waals surface area contributed by atoms with Crippen LogP contribution < -0.4 is 5.46 Å². The predicted molar refractivity (Wildman–Crippen MR) is 52.2 cm³/mol. The van der Waals surface area contributed by atoms with Crippen LogP contribution in [0.15, 0.2) is 24.3 Å². The minimum absolute atomic E-state index is 0. The highest BCUT2D eigenvalue weighted by molar-refractivity contribution is 6.32. The van der Waals surface area contributed by atoms with Gasteiger partial charge in [0.15, 0.2) is 0 Å². The first kappa shape index (κ1) is 12.2. The maximum Gasteiger partial charge on any atom is 0.113 e. The van der Waals surface area contributed by atoms with Gasteiger partial charge in [-0.05, 0) is 18.4 Å². The molecule has 2 radical (unpaired) electrons. The number of aliphatic hydroxyl groups is 1. The van der Waals surface area contributed by atoms with Gasteiger partial charge in [0, 0.05) is 0 Å². The summed E-state index contributed by atoms with van der Waals surface area (Å²) in [5, 5.41) is 9.65. The Hall–Kier alpha value is -0.835. The molecule has 2 rings (SSSR count). The van der Waals surface area contributed by atoms with E-state index < -0.39 is 5.60 Å². The molecule has 0 bridgehead atoms. The Kier molecular flexibility index (Phi) is 3.66. The Morgan fingerprint density at radius 3 is 1.92 bits per heavy atom. The highest BCUT2D eigenvalue weighted by Gasteiger charge is 2.41. The van der Waals surface area contributed by atoms with Crippen molar-refractivity contribution in [3.8, 4) is 0 Å². The molecule has 0 spiro atoms. The van der Waals surface area contributed by atoms with E-state index in [1.807, 2.05) is 24.3 Å². The fourth-order valence-electron chi connectivity index (χ4n) is 1.20. The van der Waals surface area contributed by atoms with Crippen LogP contribution in [0.1, 0.15) is 18.4 Å². The van der Waals surface area contributed by atoms with Crippen LogP contribution in [0.3, 0.4) is 0 Å². The second kappa shape index (κ2) is 3.92. The average molecular weight is 180 g/mol. The summed E-state index contributed by atoms with van der Waals surface area (Å²) >= 11 is 0. The van der Waals surface area contributed by atoms with Crippen LogP contribution in [0, 0.1) is 0 Å². The molecule has 13 heavy (non-hydrogen) atoms. The summed E-state index contributed by atoms with van der Waals surface area (Å²) in [4.78, 5) is 0. The largest absolute Gasteiger partial charge is 0.412 e. The number of rotatable bonds is 1. The van der Waals surface area contributed by atoms with E-state index in [2.05, 4.69) is 0 Å². The maximum atomic E-state index is 9.65. The van der Waals surface area contributed by atoms with E-state index >= 15 is 0 Å².